The summed E-state index contributed by atoms with van der Waals surface area (Å²) in [6.07, 6.45) is 8.02. The quantitative estimate of drug-likeness (QED) is 0.500. The summed E-state index contributed by atoms with van der Waals surface area (Å²) in [6, 6.07) is 11.3. The van der Waals surface area contributed by atoms with E-state index in [2.05, 4.69) is 22.7 Å². The highest BCUT2D eigenvalue weighted by molar-refractivity contribution is 6.27. The van der Waals surface area contributed by atoms with Gasteiger partial charge >= 0.3 is 0 Å². The lowest BCUT2D eigenvalue weighted by molar-refractivity contribution is -0.136. The van der Waals surface area contributed by atoms with E-state index in [4.69, 9.17) is 0 Å². The minimum absolute atomic E-state index is 0.0173. The Kier molecular flexibility index (Phi) is 5.52. The van der Waals surface area contributed by atoms with E-state index in [1.54, 1.807) is 11.0 Å². The van der Waals surface area contributed by atoms with Gasteiger partial charge in [0.25, 0.3) is 5.91 Å². The Bertz CT molecular complexity index is 1640. The molecule has 202 valence electrons. The number of carbonyl (C=O) groups excluding carboxylic acids is 4. The van der Waals surface area contributed by atoms with Crippen molar-refractivity contribution in [3.05, 3.63) is 59.4 Å². The Morgan fingerprint density at radius 2 is 1.90 bits per heavy atom. The number of nitriles is 1. The number of imide groups is 1. The van der Waals surface area contributed by atoms with Crippen LogP contribution in [0.4, 0.5) is 5.69 Å². The van der Waals surface area contributed by atoms with Crippen molar-refractivity contribution in [1.82, 2.24) is 20.0 Å². The van der Waals surface area contributed by atoms with Gasteiger partial charge in [-0.05, 0) is 60.7 Å². The second kappa shape index (κ2) is 9.01. The molecule has 4 aliphatic rings. The molecule has 40 heavy (non-hydrogen) atoms. The van der Waals surface area contributed by atoms with Crippen molar-refractivity contribution in [1.29, 1.82) is 5.26 Å². The number of amides is 4. The minimum Gasteiger partial charge on any atom is -0.341 e. The van der Waals surface area contributed by atoms with Crippen molar-refractivity contribution in [3.63, 3.8) is 0 Å². The Balaban J connectivity index is 1.09. The van der Waals surface area contributed by atoms with Gasteiger partial charge in [0.1, 0.15) is 11.5 Å². The second-order valence-electron chi connectivity index (χ2n) is 11.3. The van der Waals surface area contributed by atoms with Gasteiger partial charge in [-0.1, -0.05) is 18.2 Å². The van der Waals surface area contributed by atoms with Crippen LogP contribution in [-0.4, -0.2) is 57.4 Å². The predicted molar refractivity (Wildman–Crippen MR) is 144 cm³/mol. The van der Waals surface area contributed by atoms with Gasteiger partial charge in [0.05, 0.1) is 24.0 Å². The Morgan fingerprint density at radius 1 is 1.10 bits per heavy atom. The normalized spacial score (nSPS) is 22.0. The molecule has 2 saturated heterocycles. The number of piperidine rings is 2. The molecule has 7 rings (SSSR count). The van der Waals surface area contributed by atoms with Crippen molar-refractivity contribution in [2.45, 2.75) is 57.0 Å². The van der Waals surface area contributed by atoms with Crippen molar-refractivity contribution in [2.75, 3.05) is 18.0 Å². The van der Waals surface area contributed by atoms with Gasteiger partial charge in [-0.3, -0.25) is 34.1 Å². The van der Waals surface area contributed by atoms with E-state index in [9.17, 15) is 24.4 Å². The van der Waals surface area contributed by atoms with E-state index < -0.39 is 17.4 Å². The lowest BCUT2D eigenvalue weighted by atomic mass is 9.97. The molecule has 1 saturated carbocycles. The summed E-state index contributed by atoms with van der Waals surface area (Å²) < 4.78 is 1.99. The van der Waals surface area contributed by atoms with Crippen molar-refractivity contribution >= 4 is 40.1 Å². The van der Waals surface area contributed by atoms with Gasteiger partial charge in [0.15, 0.2) is 0 Å². The molecule has 0 bridgehead atoms. The Hall–Kier alpha value is -4.52. The first-order chi connectivity index (χ1) is 19.4. The van der Waals surface area contributed by atoms with E-state index in [0.29, 0.717) is 50.0 Å². The predicted octanol–water partition coefficient (Wildman–Crippen LogP) is 2.86. The first kappa shape index (κ1) is 24.5. The molecule has 10 nitrogen and oxygen atoms in total. The first-order valence-electron chi connectivity index (χ1n) is 13.8. The summed E-state index contributed by atoms with van der Waals surface area (Å²) >= 11 is 0. The molecule has 1 aromatic heterocycles. The summed E-state index contributed by atoms with van der Waals surface area (Å²) in [5, 5.41) is 18.2. The highest BCUT2D eigenvalue weighted by Crippen LogP contribution is 2.47. The van der Waals surface area contributed by atoms with Crippen molar-refractivity contribution < 1.29 is 19.2 Å². The zero-order chi connectivity index (χ0) is 27.6. The maximum absolute atomic E-state index is 13.4. The van der Waals surface area contributed by atoms with E-state index in [0.717, 1.165) is 34.7 Å². The number of nitrogens with zero attached hydrogens (tertiary/aromatic N) is 5. The third-order valence-corrected chi connectivity index (χ3v) is 8.89. The van der Waals surface area contributed by atoms with Crippen LogP contribution in [-0.2, 0) is 20.8 Å². The Labute approximate surface area is 230 Å². The maximum Gasteiger partial charge on any atom is 0.259 e. The van der Waals surface area contributed by atoms with Gasteiger partial charge in [-0.25, -0.2) is 0 Å². The molecule has 3 aromatic rings. The SMILES string of the molecule is N#CC1(C(=O)N2CCC(n3cc(Cc4ccc5c6c(cccc46)C(=O)N5[C@H]4CCC(=O)NC4=O)cn3)CC2)CC1. The van der Waals surface area contributed by atoms with Crippen LogP contribution in [0.5, 0.6) is 0 Å². The van der Waals surface area contributed by atoms with E-state index >= 15 is 0 Å². The van der Waals surface area contributed by atoms with Gasteiger partial charge in [0, 0.05) is 43.1 Å². The van der Waals surface area contributed by atoms with Crippen LogP contribution in [0.1, 0.15) is 66.1 Å². The number of carbonyl (C=O) groups is 4. The average Bonchev–Trinajstić information content (AvgIpc) is 3.55. The molecule has 3 fully saturated rings. The van der Waals surface area contributed by atoms with Crippen LogP contribution in [0.2, 0.25) is 0 Å². The minimum atomic E-state index is -0.769. The molecule has 4 heterocycles. The number of likely N-dealkylation sites (tertiary alicyclic amines) is 1. The number of anilines is 1. The zero-order valence-electron chi connectivity index (χ0n) is 21.9. The second-order valence-corrected chi connectivity index (χ2v) is 11.3. The van der Waals surface area contributed by atoms with Gasteiger partial charge in [-0.2, -0.15) is 10.4 Å². The summed E-state index contributed by atoms with van der Waals surface area (Å²) in [6.45, 7) is 1.27. The van der Waals surface area contributed by atoms with Gasteiger partial charge < -0.3 is 4.90 Å². The number of hydrogen-bond acceptors (Lipinski definition) is 6. The third kappa shape index (κ3) is 3.79. The first-order valence-corrected chi connectivity index (χ1v) is 13.8. The molecule has 0 unspecified atom stereocenters. The molecule has 0 spiro atoms. The molecule has 1 N–H and O–H groups in total. The summed E-state index contributed by atoms with van der Waals surface area (Å²) in [7, 11) is 0. The largest absolute Gasteiger partial charge is 0.341 e. The fraction of sp³-hybridized carbons (Fsp3) is 0.400. The number of rotatable bonds is 5. The fourth-order valence-electron chi connectivity index (χ4n) is 6.48. The molecule has 1 aliphatic carbocycles. The molecule has 2 aromatic carbocycles. The topological polar surface area (TPSA) is 128 Å². The van der Waals surface area contributed by atoms with Crippen molar-refractivity contribution in [2.24, 2.45) is 5.41 Å². The average molecular weight is 537 g/mol. The zero-order valence-corrected chi connectivity index (χ0v) is 21.9. The fourth-order valence-corrected chi connectivity index (χ4v) is 6.48. The lowest BCUT2D eigenvalue weighted by Gasteiger charge is -2.33. The van der Waals surface area contributed by atoms with Crippen LogP contribution in [0, 0.1) is 16.7 Å². The molecule has 1 atom stereocenters. The van der Waals surface area contributed by atoms with Crippen LogP contribution >= 0.6 is 0 Å². The van der Waals surface area contributed by atoms with Crippen LogP contribution < -0.4 is 10.2 Å². The highest BCUT2D eigenvalue weighted by Gasteiger charge is 2.52. The third-order valence-electron chi connectivity index (χ3n) is 8.89. The van der Waals surface area contributed by atoms with Crippen LogP contribution in [0.15, 0.2) is 42.7 Å². The molecule has 10 heteroatoms. The number of aromatic nitrogens is 2. The molecule has 0 radical (unpaired) electrons. The standard InChI is InChI=1S/C30H28N6O4/c31-17-30(10-11-30)29(40)34-12-8-20(9-13-34)35-16-18(15-32-35)14-19-4-5-23-26-21(19)2-1-3-22(26)28(39)36(23)24-6-7-25(37)33-27(24)38/h1-5,15-16,20,24H,6-14H2,(H,33,37,38)/t24-/m0/s1. The highest BCUT2D eigenvalue weighted by atomic mass is 16.2. The summed E-state index contributed by atoms with van der Waals surface area (Å²) in [5.41, 5.74) is 2.61. The van der Waals surface area contributed by atoms with E-state index in [-0.39, 0.29) is 30.2 Å². The van der Waals surface area contributed by atoms with Gasteiger partial charge in [0.2, 0.25) is 17.7 Å². The van der Waals surface area contributed by atoms with Crippen molar-refractivity contribution in [3.8, 4) is 6.07 Å². The van der Waals surface area contributed by atoms with Crippen LogP contribution in [0.3, 0.4) is 0 Å². The smallest absolute Gasteiger partial charge is 0.259 e. The van der Waals surface area contributed by atoms with Gasteiger partial charge in [-0.15, -0.1) is 0 Å². The Morgan fingerprint density at radius 3 is 2.62 bits per heavy atom. The van der Waals surface area contributed by atoms with E-state index in [1.165, 1.54) is 0 Å². The lowest BCUT2D eigenvalue weighted by Crippen LogP contribution is -2.53. The summed E-state index contributed by atoms with van der Waals surface area (Å²) in [4.78, 5) is 53.7. The monoisotopic (exact) mass is 536 g/mol. The number of benzene rings is 2. The van der Waals surface area contributed by atoms with Crippen LogP contribution in [0.25, 0.3) is 10.8 Å². The number of hydrogen-bond donors (Lipinski definition) is 1. The molecule has 4 amide bonds. The molecular weight excluding hydrogens is 508 g/mol. The van der Waals surface area contributed by atoms with E-state index in [1.807, 2.05) is 40.0 Å². The number of nitrogens with one attached hydrogen (secondary N) is 1. The maximum atomic E-state index is 13.4. The molecular formula is C30H28N6O4. The summed E-state index contributed by atoms with van der Waals surface area (Å²) in [5.74, 6) is -0.978. The molecule has 3 aliphatic heterocycles.